The van der Waals surface area contributed by atoms with E-state index < -0.39 is 6.09 Å². The highest BCUT2D eigenvalue weighted by Crippen LogP contribution is 2.37. The smallest absolute Gasteiger partial charge is 0.407 e. The molecule has 0 aromatic heterocycles. The summed E-state index contributed by atoms with van der Waals surface area (Å²) in [6.07, 6.45) is 1.19. The average Bonchev–Trinajstić information content (AvgIpc) is 2.15. The van der Waals surface area contributed by atoms with Gasteiger partial charge in [-0.1, -0.05) is 20.8 Å². The largest absolute Gasteiger partial charge is 0.465 e. The molecular weight excluding hydrogens is 192 g/mol. The normalized spacial score (nSPS) is 27.9. The van der Waals surface area contributed by atoms with E-state index in [0.717, 1.165) is 12.8 Å². The van der Waals surface area contributed by atoms with Crippen LogP contribution in [0.25, 0.3) is 0 Å². The molecule has 15 heavy (non-hydrogen) atoms. The van der Waals surface area contributed by atoms with Gasteiger partial charge in [0.25, 0.3) is 0 Å². The first-order valence-corrected chi connectivity index (χ1v) is 5.57. The van der Waals surface area contributed by atoms with Gasteiger partial charge >= 0.3 is 6.09 Å². The molecule has 0 radical (unpaired) electrons. The van der Waals surface area contributed by atoms with Crippen molar-refractivity contribution in [2.75, 3.05) is 13.1 Å². The molecule has 0 saturated carbocycles. The molecule has 3 N–H and O–H groups in total. The highest BCUT2D eigenvalue weighted by molar-refractivity contribution is 5.65. The number of amides is 1. The van der Waals surface area contributed by atoms with Gasteiger partial charge in [0.05, 0.1) is 6.04 Å². The molecule has 1 saturated heterocycles. The summed E-state index contributed by atoms with van der Waals surface area (Å²) in [6.45, 7) is 7.53. The lowest BCUT2D eigenvalue weighted by atomic mass is 9.71. The molecule has 1 heterocycles. The predicted molar refractivity (Wildman–Crippen MR) is 59.8 cm³/mol. The maximum absolute atomic E-state index is 11.1. The highest BCUT2D eigenvalue weighted by Gasteiger charge is 2.39. The van der Waals surface area contributed by atoms with Crippen molar-refractivity contribution in [1.82, 2.24) is 4.90 Å². The third kappa shape index (κ3) is 2.62. The number of piperidine rings is 1. The van der Waals surface area contributed by atoms with Crippen molar-refractivity contribution >= 4 is 6.09 Å². The first-order valence-electron chi connectivity index (χ1n) is 5.57. The molecule has 0 bridgehead atoms. The van der Waals surface area contributed by atoms with Gasteiger partial charge in [-0.25, -0.2) is 4.79 Å². The van der Waals surface area contributed by atoms with Gasteiger partial charge in [0.2, 0.25) is 0 Å². The zero-order chi connectivity index (χ0) is 11.6. The molecule has 4 heteroatoms. The van der Waals surface area contributed by atoms with Crippen LogP contribution in [-0.4, -0.2) is 35.2 Å². The van der Waals surface area contributed by atoms with Crippen molar-refractivity contribution in [3.63, 3.8) is 0 Å². The molecule has 1 amide bonds. The van der Waals surface area contributed by atoms with E-state index in [2.05, 4.69) is 20.8 Å². The molecule has 0 spiro atoms. The second kappa shape index (κ2) is 4.39. The molecule has 88 valence electrons. The molecule has 4 nitrogen and oxygen atoms in total. The maximum Gasteiger partial charge on any atom is 0.407 e. The Hall–Kier alpha value is -0.770. The minimum atomic E-state index is -0.834. The van der Waals surface area contributed by atoms with Gasteiger partial charge in [-0.05, 0) is 24.2 Å². The molecule has 2 atom stereocenters. The Morgan fingerprint density at radius 3 is 2.53 bits per heavy atom. The minimum Gasteiger partial charge on any atom is -0.465 e. The highest BCUT2D eigenvalue weighted by atomic mass is 16.4. The second-order valence-electron chi connectivity index (χ2n) is 5.39. The Morgan fingerprint density at radius 2 is 2.13 bits per heavy atom. The SMILES string of the molecule is CC(C)(C)C1CCCN(C(=O)O)C1CN. The molecule has 0 aromatic carbocycles. The van der Waals surface area contributed by atoms with Crippen molar-refractivity contribution in [2.45, 2.75) is 39.7 Å². The van der Waals surface area contributed by atoms with E-state index in [4.69, 9.17) is 10.8 Å². The van der Waals surface area contributed by atoms with E-state index >= 15 is 0 Å². The number of hydrogen-bond donors (Lipinski definition) is 2. The van der Waals surface area contributed by atoms with E-state index in [9.17, 15) is 4.79 Å². The van der Waals surface area contributed by atoms with E-state index in [1.54, 1.807) is 0 Å². The van der Waals surface area contributed by atoms with Crippen LogP contribution in [0.1, 0.15) is 33.6 Å². The van der Waals surface area contributed by atoms with Crippen LogP contribution in [0.5, 0.6) is 0 Å². The first-order chi connectivity index (χ1) is 6.88. The Balaban J connectivity index is 2.85. The minimum absolute atomic E-state index is 0.0174. The second-order valence-corrected chi connectivity index (χ2v) is 5.39. The fraction of sp³-hybridized carbons (Fsp3) is 0.909. The maximum atomic E-state index is 11.1. The molecule has 1 aliphatic rings. The molecular formula is C11H22N2O2. The zero-order valence-electron chi connectivity index (χ0n) is 9.86. The fourth-order valence-corrected chi connectivity index (χ4v) is 2.60. The Kier molecular flexibility index (Phi) is 3.60. The van der Waals surface area contributed by atoms with Gasteiger partial charge in [-0.3, -0.25) is 0 Å². The van der Waals surface area contributed by atoms with Crippen LogP contribution >= 0.6 is 0 Å². The summed E-state index contributed by atoms with van der Waals surface area (Å²) >= 11 is 0. The molecule has 2 unspecified atom stereocenters. The van der Waals surface area contributed by atoms with Crippen LogP contribution in [0.2, 0.25) is 0 Å². The number of nitrogens with zero attached hydrogens (tertiary/aromatic N) is 1. The van der Waals surface area contributed by atoms with Crippen molar-refractivity contribution in [3.8, 4) is 0 Å². The fourth-order valence-electron chi connectivity index (χ4n) is 2.60. The van der Waals surface area contributed by atoms with Gasteiger partial charge in [-0.2, -0.15) is 0 Å². The molecule has 1 rings (SSSR count). The summed E-state index contributed by atoms with van der Waals surface area (Å²) in [5, 5.41) is 9.09. The summed E-state index contributed by atoms with van der Waals surface area (Å²) < 4.78 is 0. The molecule has 0 aromatic rings. The van der Waals surface area contributed by atoms with Crippen molar-refractivity contribution in [2.24, 2.45) is 17.1 Å². The van der Waals surface area contributed by atoms with Crippen LogP contribution < -0.4 is 5.73 Å². The van der Waals surface area contributed by atoms with Crippen molar-refractivity contribution in [3.05, 3.63) is 0 Å². The lowest BCUT2D eigenvalue weighted by Crippen LogP contribution is -2.54. The monoisotopic (exact) mass is 214 g/mol. The molecule has 0 aliphatic carbocycles. The van der Waals surface area contributed by atoms with E-state index in [1.807, 2.05) is 0 Å². The first kappa shape index (κ1) is 12.3. The quantitative estimate of drug-likeness (QED) is 0.698. The van der Waals surface area contributed by atoms with Gasteiger partial charge in [0, 0.05) is 13.1 Å². The van der Waals surface area contributed by atoms with E-state index in [0.29, 0.717) is 19.0 Å². The van der Waals surface area contributed by atoms with Crippen molar-refractivity contribution in [1.29, 1.82) is 0 Å². The van der Waals surface area contributed by atoms with Crippen LogP contribution in [-0.2, 0) is 0 Å². The van der Waals surface area contributed by atoms with E-state index in [1.165, 1.54) is 4.90 Å². The van der Waals surface area contributed by atoms with Crippen LogP contribution in [0.3, 0.4) is 0 Å². The van der Waals surface area contributed by atoms with Crippen molar-refractivity contribution < 1.29 is 9.90 Å². The lowest BCUT2D eigenvalue weighted by Gasteiger charge is -2.45. The summed E-state index contributed by atoms with van der Waals surface area (Å²) in [6, 6.07) is -0.0174. The number of carboxylic acid groups (broad SMARTS) is 1. The Bertz CT molecular complexity index is 235. The third-order valence-corrected chi connectivity index (χ3v) is 3.38. The van der Waals surface area contributed by atoms with Gasteiger partial charge in [0.1, 0.15) is 0 Å². The number of hydrogen-bond acceptors (Lipinski definition) is 2. The van der Waals surface area contributed by atoms with Crippen LogP contribution in [0, 0.1) is 11.3 Å². The number of rotatable bonds is 1. The average molecular weight is 214 g/mol. The Morgan fingerprint density at radius 1 is 1.53 bits per heavy atom. The van der Waals surface area contributed by atoms with Gasteiger partial charge in [0.15, 0.2) is 0 Å². The van der Waals surface area contributed by atoms with Gasteiger partial charge < -0.3 is 15.7 Å². The summed E-state index contributed by atoms with van der Waals surface area (Å²) in [4.78, 5) is 12.6. The molecule has 1 fully saturated rings. The number of carbonyl (C=O) groups is 1. The topological polar surface area (TPSA) is 66.6 Å². The summed E-state index contributed by atoms with van der Waals surface area (Å²) in [7, 11) is 0. The third-order valence-electron chi connectivity index (χ3n) is 3.38. The van der Waals surface area contributed by atoms with Crippen LogP contribution in [0.4, 0.5) is 4.79 Å². The van der Waals surface area contributed by atoms with Gasteiger partial charge in [-0.15, -0.1) is 0 Å². The number of nitrogens with two attached hydrogens (primary N) is 1. The molecule has 1 aliphatic heterocycles. The zero-order valence-corrected chi connectivity index (χ0v) is 9.86. The van der Waals surface area contributed by atoms with Crippen LogP contribution in [0.15, 0.2) is 0 Å². The Labute approximate surface area is 91.4 Å². The predicted octanol–water partition coefficient (Wildman–Crippen LogP) is 1.75. The summed E-state index contributed by atoms with van der Waals surface area (Å²) in [5.74, 6) is 0.368. The van der Waals surface area contributed by atoms with E-state index in [-0.39, 0.29) is 11.5 Å². The summed E-state index contributed by atoms with van der Waals surface area (Å²) in [5.41, 5.74) is 5.84. The number of likely N-dealkylation sites (tertiary alicyclic amines) is 1. The lowest BCUT2D eigenvalue weighted by molar-refractivity contribution is 0.0387. The standard InChI is InChI=1S/C11H22N2O2/c1-11(2,3)8-5-4-6-13(10(14)15)9(8)7-12/h8-9H,4-7,12H2,1-3H3,(H,14,15).